The highest BCUT2D eigenvalue weighted by Crippen LogP contribution is 2.20. The quantitative estimate of drug-likeness (QED) is 0.774. The van der Waals surface area contributed by atoms with Gasteiger partial charge in [0.1, 0.15) is 5.76 Å². The standard InChI is InChI=1S/C21H27N3O3/c1-23(2)18(19-9-6-12-27-19)14-22-21(26)17-13-20(25)24(15-17)11-10-16-7-4-3-5-8-16/h3-9,12,17-18H,10-11,13-15H2,1-2H3,(H,22,26)/t17-,18-/m0/s1. The number of carbonyl (C=O) groups is 2. The van der Waals surface area contributed by atoms with Gasteiger partial charge in [0.2, 0.25) is 11.8 Å². The number of nitrogens with one attached hydrogen (secondary N) is 1. The van der Waals surface area contributed by atoms with Crippen LogP contribution in [0.5, 0.6) is 0 Å². The number of hydrogen-bond donors (Lipinski definition) is 1. The van der Waals surface area contributed by atoms with Gasteiger partial charge in [-0.05, 0) is 38.2 Å². The molecule has 1 N–H and O–H groups in total. The summed E-state index contributed by atoms with van der Waals surface area (Å²) in [6.07, 6.45) is 2.73. The van der Waals surface area contributed by atoms with E-state index in [0.717, 1.165) is 12.2 Å². The number of rotatable bonds is 8. The van der Waals surface area contributed by atoms with Crippen LogP contribution < -0.4 is 5.32 Å². The maximum atomic E-state index is 12.6. The van der Waals surface area contributed by atoms with Crippen molar-refractivity contribution in [3.05, 3.63) is 60.1 Å². The summed E-state index contributed by atoms with van der Waals surface area (Å²) in [7, 11) is 3.90. The van der Waals surface area contributed by atoms with Crippen LogP contribution in [0.15, 0.2) is 53.1 Å². The van der Waals surface area contributed by atoms with Gasteiger partial charge in [-0.3, -0.25) is 14.5 Å². The van der Waals surface area contributed by atoms with E-state index >= 15 is 0 Å². The first-order valence-electron chi connectivity index (χ1n) is 9.34. The highest BCUT2D eigenvalue weighted by atomic mass is 16.3. The van der Waals surface area contributed by atoms with Crippen molar-refractivity contribution in [2.24, 2.45) is 5.92 Å². The summed E-state index contributed by atoms with van der Waals surface area (Å²) in [4.78, 5) is 28.6. The molecule has 1 aromatic heterocycles. The van der Waals surface area contributed by atoms with Gasteiger partial charge in [0, 0.05) is 26.1 Å². The minimum Gasteiger partial charge on any atom is -0.468 e. The van der Waals surface area contributed by atoms with Crippen LogP contribution in [0.4, 0.5) is 0 Å². The van der Waals surface area contributed by atoms with E-state index in [0.29, 0.717) is 19.6 Å². The van der Waals surface area contributed by atoms with Gasteiger partial charge < -0.3 is 14.6 Å². The minimum atomic E-state index is -0.285. The predicted octanol–water partition coefficient (Wildman–Crippen LogP) is 2.09. The number of benzene rings is 1. The predicted molar refractivity (Wildman–Crippen MR) is 103 cm³/mol. The number of nitrogens with zero attached hydrogens (tertiary/aromatic N) is 2. The first kappa shape index (κ1) is 19.2. The zero-order valence-electron chi connectivity index (χ0n) is 15.9. The molecular weight excluding hydrogens is 342 g/mol. The van der Waals surface area contributed by atoms with Crippen LogP contribution in [0.3, 0.4) is 0 Å². The van der Waals surface area contributed by atoms with Crippen LogP contribution in [0.25, 0.3) is 0 Å². The third-order valence-electron chi connectivity index (χ3n) is 5.06. The fourth-order valence-corrected chi connectivity index (χ4v) is 3.43. The van der Waals surface area contributed by atoms with E-state index in [-0.39, 0.29) is 30.2 Å². The number of carbonyl (C=O) groups excluding carboxylic acids is 2. The number of amides is 2. The Hall–Kier alpha value is -2.60. The molecule has 1 aromatic carbocycles. The van der Waals surface area contributed by atoms with E-state index in [9.17, 15) is 9.59 Å². The lowest BCUT2D eigenvalue weighted by atomic mass is 10.1. The Balaban J connectivity index is 1.49. The summed E-state index contributed by atoms with van der Waals surface area (Å²) in [6, 6.07) is 13.8. The van der Waals surface area contributed by atoms with E-state index in [2.05, 4.69) is 17.4 Å². The van der Waals surface area contributed by atoms with Gasteiger partial charge in [-0.1, -0.05) is 30.3 Å². The molecule has 2 atom stereocenters. The maximum absolute atomic E-state index is 12.6. The van der Waals surface area contributed by atoms with Gasteiger partial charge in [0.05, 0.1) is 18.2 Å². The Labute approximate surface area is 160 Å². The zero-order chi connectivity index (χ0) is 19.2. The van der Waals surface area contributed by atoms with Crippen molar-refractivity contribution in [3.8, 4) is 0 Å². The first-order valence-corrected chi connectivity index (χ1v) is 9.34. The lowest BCUT2D eigenvalue weighted by Gasteiger charge is -2.23. The summed E-state index contributed by atoms with van der Waals surface area (Å²) < 4.78 is 5.47. The average molecular weight is 369 g/mol. The summed E-state index contributed by atoms with van der Waals surface area (Å²) in [5.41, 5.74) is 1.20. The van der Waals surface area contributed by atoms with Gasteiger partial charge >= 0.3 is 0 Å². The van der Waals surface area contributed by atoms with E-state index in [1.165, 1.54) is 5.56 Å². The molecule has 0 spiro atoms. The Morgan fingerprint density at radius 3 is 2.70 bits per heavy atom. The van der Waals surface area contributed by atoms with Crippen molar-refractivity contribution in [2.75, 3.05) is 33.7 Å². The zero-order valence-corrected chi connectivity index (χ0v) is 15.9. The molecule has 6 heteroatoms. The molecule has 1 aliphatic rings. The van der Waals surface area contributed by atoms with E-state index < -0.39 is 0 Å². The third kappa shape index (κ3) is 4.98. The van der Waals surface area contributed by atoms with E-state index in [1.54, 1.807) is 11.2 Å². The van der Waals surface area contributed by atoms with Gasteiger partial charge in [-0.15, -0.1) is 0 Å². The first-order chi connectivity index (χ1) is 13.0. The molecule has 2 heterocycles. The molecular formula is C21H27N3O3. The molecule has 0 aliphatic carbocycles. The Morgan fingerprint density at radius 1 is 1.26 bits per heavy atom. The maximum Gasteiger partial charge on any atom is 0.225 e. The molecule has 0 saturated carbocycles. The number of likely N-dealkylation sites (tertiary alicyclic amines) is 1. The van der Waals surface area contributed by atoms with Gasteiger partial charge in [-0.2, -0.15) is 0 Å². The van der Waals surface area contributed by atoms with Crippen molar-refractivity contribution in [2.45, 2.75) is 18.9 Å². The highest BCUT2D eigenvalue weighted by molar-refractivity contribution is 5.89. The SMILES string of the molecule is CN(C)[C@@H](CNC(=O)[C@H]1CC(=O)N(CCc2ccccc2)C1)c1ccco1. The lowest BCUT2D eigenvalue weighted by Crippen LogP contribution is -2.38. The molecule has 2 amide bonds. The summed E-state index contributed by atoms with van der Waals surface area (Å²) in [6.45, 7) is 1.60. The van der Waals surface area contributed by atoms with Crippen molar-refractivity contribution >= 4 is 11.8 Å². The molecule has 1 saturated heterocycles. The molecule has 6 nitrogen and oxygen atoms in total. The van der Waals surface area contributed by atoms with Gasteiger partial charge in [0.25, 0.3) is 0 Å². The second kappa shape index (κ2) is 8.86. The molecule has 2 aromatic rings. The molecule has 0 unspecified atom stereocenters. The van der Waals surface area contributed by atoms with E-state index in [4.69, 9.17) is 4.42 Å². The van der Waals surface area contributed by atoms with E-state index in [1.807, 2.05) is 49.3 Å². The summed E-state index contributed by atoms with van der Waals surface area (Å²) >= 11 is 0. The highest BCUT2D eigenvalue weighted by Gasteiger charge is 2.34. The van der Waals surface area contributed by atoms with Crippen molar-refractivity contribution in [3.63, 3.8) is 0 Å². The molecule has 3 rings (SSSR count). The monoisotopic (exact) mass is 369 g/mol. The van der Waals surface area contributed by atoms with Crippen LogP contribution in [0, 0.1) is 5.92 Å². The molecule has 0 bridgehead atoms. The van der Waals surface area contributed by atoms with Gasteiger partial charge in [0.15, 0.2) is 0 Å². The fraction of sp³-hybridized carbons (Fsp3) is 0.429. The third-order valence-corrected chi connectivity index (χ3v) is 5.06. The fourth-order valence-electron chi connectivity index (χ4n) is 3.43. The Bertz CT molecular complexity index is 743. The van der Waals surface area contributed by atoms with Crippen LogP contribution in [0.1, 0.15) is 23.8 Å². The smallest absolute Gasteiger partial charge is 0.225 e. The summed E-state index contributed by atoms with van der Waals surface area (Å²) in [5, 5.41) is 2.99. The topological polar surface area (TPSA) is 65.8 Å². The van der Waals surface area contributed by atoms with Crippen molar-refractivity contribution in [1.82, 2.24) is 15.1 Å². The second-order valence-corrected chi connectivity index (χ2v) is 7.22. The molecule has 1 fully saturated rings. The van der Waals surface area contributed by atoms with Crippen molar-refractivity contribution < 1.29 is 14.0 Å². The van der Waals surface area contributed by atoms with Crippen LogP contribution in [-0.2, 0) is 16.0 Å². The summed E-state index contributed by atoms with van der Waals surface area (Å²) in [5.74, 6) is 0.519. The van der Waals surface area contributed by atoms with Crippen molar-refractivity contribution in [1.29, 1.82) is 0 Å². The van der Waals surface area contributed by atoms with Crippen LogP contribution >= 0.6 is 0 Å². The van der Waals surface area contributed by atoms with Crippen LogP contribution in [0.2, 0.25) is 0 Å². The molecule has 1 aliphatic heterocycles. The van der Waals surface area contributed by atoms with Gasteiger partial charge in [-0.25, -0.2) is 0 Å². The Morgan fingerprint density at radius 2 is 2.04 bits per heavy atom. The average Bonchev–Trinajstić information content (AvgIpc) is 3.31. The molecule has 0 radical (unpaired) electrons. The minimum absolute atomic E-state index is 0.0322. The molecule has 144 valence electrons. The lowest BCUT2D eigenvalue weighted by molar-refractivity contribution is -0.129. The largest absolute Gasteiger partial charge is 0.468 e. The number of furan rings is 1. The van der Waals surface area contributed by atoms with Crippen LogP contribution in [-0.4, -0.2) is 55.3 Å². The number of likely N-dealkylation sites (N-methyl/N-ethyl adjacent to an activating group) is 1. The number of hydrogen-bond acceptors (Lipinski definition) is 4. The Kier molecular flexibility index (Phi) is 6.29. The normalized spacial score (nSPS) is 18.1. The molecule has 27 heavy (non-hydrogen) atoms. The second-order valence-electron chi connectivity index (χ2n) is 7.22.